The lowest BCUT2D eigenvalue weighted by atomic mass is 9.92. The van der Waals surface area contributed by atoms with E-state index in [4.69, 9.17) is 25.7 Å². The van der Waals surface area contributed by atoms with Gasteiger partial charge in [-0.05, 0) is 85.7 Å². The number of amides is 2. The second-order valence-electron chi connectivity index (χ2n) is 16.7. The normalized spacial score (nSPS) is 24.5. The summed E-state index contributed by atoms with van der Waals surface area (Å²) in [5.41, 5.74) is 12.0. The van der Waals surface area contributed by atoms with Gasteiger partial charge >= 0.3 is 0 Å². The largest absolute Gasteiger partial charge is 0.457 e. The Morgan fingerprint density at radius 1 is 0.789 bits per heavy atom. The van der Waals surface area contributed by atoms with Gasteiger partial charge in [-0.3, -0.25) is 29.4 Å². The highest BCUT2D eigenvalue weighted by molar-refractivity contribution is 6.03. The molecule has 290 valence electrons. The van der Waals surface area contributed by atoms with Crippen LogP contribution in [0.5, 0.6) is 11.5 Å². The van der Waals surface area contributed by atoms with Gasteiger partial charge in [-0.1, -0.05) is 18.2 Å². The van der Waals surface area contributed by atoms with Gasteiger partial charge in [-0.25, -0.2) is 14.6 Å². The highest BCUT2D eigenvalue weighted by Gasteiger charge is 2.48. The summed E-state index contributed by atoms with van der Waals surface area (Å²) < 4.78 is 10.0. The van der Waals surface area contributed by atoms with E-state index in [1.54, 1.807) is 6.33 Å². The molecule has 3 aromatic heterocycles. The van der Waals surface area contributed by atoms with Crippen molar-refractivity contribution in [3.05, 3.63) is 84.8 Å². The van der Waals surface area contributed by atoms with Gasteiger partial charge in [0.15, 0.2) is 5.65 Å². The van der Waals surface area contributed by atoms with E-state index in [2.05, 4.69) is 47.9 Å². The molecule has 3 atom stereocenters. The maximum atomic E-state index is 12.6. The van der Waals surface area contributed by atoms with Crippen LogP contribution in [0.4, 0.5) is 11.5 Å². The Labute approximate surface area is 329 Å². The number of hydrogen-bond acceptors (Lipinski definition) is 11. The van der Waals surface area contributed by atoms with E-state index in [9.17, 15) is 9.59 Å². The lowest BCUT2D eigenvalue weighted by Crippen LogP contribution is -2.69. The number of hydrogen-bond donors (Lipinski definition) is 2. The highest BCUT2D eigenvalue weighted by Crippen LogP contribution is 2.47. The van der Waals surface area contributed by atoms with Crippen molar-refractivity contribution in [3.8, 4) is 22.8 Å². The average molecular weight is 764 g/mol. The monoisotopic (exact) mass is 763 g/mol. The minimum absolute atomic E-state index is 0.206. The zero-order valence-corrected chi connectivity index (χ0v) is 31.9. The zero-order chi connectivity index (χ0) is 38.4. The Balaban J connectivity index is 0.701. The Morgan fingerprint density at radius 2 is 1.51 bits per heavy atom. The number of carbonyl (C=O) groups excluding carboxylic acids is 2. The number of carbonyl (C=O) groups is 2. The molecule has 3 aromatic carbocycles. The van der Waals surface area contributed by atoms with Crippen molar-refractivity contribution in [3.63, 3.8) is 0 Å². The summed E-state index contributed by atoms with van der Waals surface area (Å²) in [6, 6.07) is 25.7. The van der Waals surface area contributed by atoms with Crippen LogP contribution < -0.4 is 20.7 Å². The van der Waals surface area contributed by atoms with E-state index in [-0.39, 0.29) is 17.9 Å². The summed E-state index contributed by atoms with van der Waals surface area (Å²) in [6.07, 6.45) is 4.59. The van der Waals surface area contributed by atoms with Crippen LogP contribution in [0, 0.1) is 11.8 Å². The van der Waals surface area contributed by atoms with E-state index < -0.39 is 5.92 Å². The number of nitrogens with two attached hydrogens (primary N) is 1. The topological polar surface area (TPSA) is 153 Å². The number of para-hydroxylation sites is 1. The third-order valence-electron chi connectivity index (χ3n) is 13.3. The second kappa shape index (κ2) is 13.4. The Morgan fingerprint density at radius 3 is 2.26 bits per heavy atom. The number of benzene rings is 3. The first-order chi connectivity index (χ1) is 27.8. The molecule has 4 saturated heterocycles. The molecule has 14 heteroatoms. The van der Waals surface area contributed by atoms with Gasteiger partial charge in [-0.15, -0.1) is 0 Å². The predicted octanol–water partition coefficient (Wildman–Crippen LogP) is 4.73. The highest BCUT2D eigenvalue weighted by atomic mass is 16.5. The molecule has 6 aromatic rings. The molecule has 3 N–H and O–H groups in total. The van der Waals surface area contributed by atoms with E-state index in [1.807, 2.05) is 66.3 Å². The van der Waals surface area contributed by atoms with Gasteiger partial charge < -0.3 is 15.4 Å². The summed E-state index contributed by atoms with van der Waals surface area (Å²) in [4.78, 5) is 41.2. The molecular formula is C43H45N11O3. The minimum Gasteiger partial charge on any atom is -0.457 e. The van der Waals surface area contributed by atoms with Crippen molar-refractivity contribution < 1.29 is 14.3 Å². The van der Waals surface area contributed by atoms with Gasteiger partial charge in [0.1, 0.15) is 29.3 Å². The number of rotatable bonds is 8. The van der Waals surface area contributed by atoms with Crippen LogP contribution in [0.25, 0.3) is 33.2 Å². The van der Waals surface area contributed by atoms with Crippen molar-refractivity contribution >= 4 is 45.3 Å². The van der Waals surface area contributed by atoms with Crippen molar-refractivity contribution in [2.24, 2.45) is 18.9 Å². The standard InChI is InChI=1S/C43H45N11O3/c1-50-36-17-28(9-12-34(36)40(48-50)35-13-14-37(55)47-43(35)56)52-20-31(21-52)53-22-30(23-53)51-18-26-15-29(16-27(26)19-51)54-42-38(41(44)45-24-46-42)39(49-54)25-7-10-33(11-8-25)57-32-5-3-2-4-6-32/h2-12,17,24,26-27,29-31,35H,13-16,18-23H2,1H3,(H2,44,45,46)(H,47,55,56). The molecule has 7 heterocycles. The minimum atomic E-state index is -0.391. The van der Waals surface area contributed by atoms with Gasteiger partial charge in [0, 0.05) is 81.5 Å². The van der Waals surface area contributed by atoms with Gasteiger partial charge in [0.05, 0.1) is 28.6 Å². The lowest BCUT2D eigenvalue weighted by molar-refractivity contribution is -0.134. The fraction of sp³-hybridized carbons (Fsp3) is 0.395. The molecule has 11 rings (SSSR count). The Hall–Kier alpha value is -5.86. The molecule has 5 aliphatic rings. The third kappa shape index (κ3) is 5.92. The number of likely N-dealkylation sites (tertiary alicyclic amines) is 2. The summed E-state index contributed by atoms with van der Waals surface area (Å²) in [6.45, 7) is 6.60. The number of nitrogens with zero attached hydrogens (tertiary/aromatic N) is 9. The molecule has 1 aliphatic carbocycles. The fourth-order valence-electron chi connectivity index (χ4n) is 10.2. The second-order valence-corrected chi connectivity index (χ2v) is 16.7. The summed E-state index contributed by atoms with van der Waals surface area (Å²) in [7, 11) is 1.93. The molecule has 3 unspecified atom stereocenters. The number of piperidine rings is 1. The summed E-state index contributed by atoms with van der Waals surface area (Å²) >= 11 is 0. The third-order valence-corrected chi connectivity index (χ3v) is 13.3. The zero-order valence-electron chi connectivity index (χ0n) is 31.9. The van der Waals surface area contributed by atoms with Crippen LogP contribution in [0.2, 0.25) is 0 Å². The molecule has 1 saturated carbocycles. The molecule has 0 bridgehead atoms. The quantitative estimate of drug-likeness (QED) is 0.207. The number of nitrogens with one attached hydrogen (secondary N) is 1. The SMILES string of the molecule is Cn1nc(C2CCC(=O)NC2=O)c2ccc(N3CC(N4CC(N5CC6CC(n7nc(-c8ccc(Oc9ccccc9)cc8)c8c(N)ncnc87)CC6C5)C4)C3)cc21. The van der Waals surface area contributed by atoms with Crippen molar-refractivity contribution in [2.75, 3.05) is 49.9 Å². The lowest BCUT2D eigenvalue weighted by Gasteiger charge is -2.54. The Bertz CT molecular complexity index is 2510. The molecular weight excluding hydrogens is 719 g/mol. The van der Waals surface area contributed by atoms with E-state index in [0.717, 1.165) is 102 Å². The smallest absolute Gasteiger partial charge is 0.235 e. The van der Waals surface area contributed by atoms with Crippen LogP contribution in [-0.4, -0.2) is 102 Å². The molecule has 4 aliphatic heterocycles. The number of aromatic nitrogens is 6. The fourth-order valence-corrected chi connectivity index (χ4v) is 10.2. The molecule has 57 heavy (non-hydrogen) atoms. The maximum Gasteiger partial charge on any atom is 0.235 e. The van der Waals surface area contributed by atoms with E-state index in [1.165, 1.54) is 5.69 Å². The van der Waals surface area contributed by atoms with E-state index in [0.29, 0.717) is 42.6 Å². The van der Waals surface area contributed by atoms with Gasteiger partial charge in [0.2, 0.25) is 11.8 Å². The number of ether oxygens (including phenoxy) is 1. The molecule has 14 nitrogen and oxygen atoms in total. The van der Waals surface area contributed by atoms with Crippen LogP contribution >= 0.6 is 0 Å². The number of imide groups is 1. The van der Waals surface area contributed by atoms with Crippen molar-refractivity contribution in [1.29, 1.82) is 0 Å². The first-order valence-electron chi connectivity index (χ1n) is 20.2. The van der Waals surface area contributed by atoms with Gasteiger partial charge in [-0.2, -0.15) is 10.2 Å². The number of aryl methyl sites for hydroxylation is 1. The van der Waals surface area contributed by atoms with Crippen molar-refractivity contribution in [2.45, 2.75) is 49.7 Å². The number of anilines is 2. The number of fused-ring (bicyclic) bond motifs is 3. The molecule has 2 amide bonds. The summed E-state index contributed by atoms with van der Waals surface area (Å²) in [5.74, 6) is 2.47. The van der Waals surface area contributed by atoms with Crippen LogP contribution in [0.1, 0.15) is 43.3 Å². The predicted molar refractivity (Wildman–Crippen MR) is 216 cm³/mol. The molecule has 5 fully saturated rings. The molecule has 0 spiro atoms. The first-order valence-corrected chi connectivity index (χ1v) is 20.2. The summed E-state index contributed by atoms with van der Waals surface area (Å²) in [5, 5.41) is 14.2. The maximum absolute atomic E-state index is 12.6. The first kappa shape index (κ1) is 34.4. The van der Waals surface area contributed by atoms with Crippen LogP contribution in [0.15, 0.2) is 79.1 Å². The Kier molecular flexibility index (Phi) is 8.07. The van der Waals surface area contributed by atoms with Crippen LogP contribution in [-0.2, 0) is 16.6 Å². The average Bonchev–Trinajstić information content (AvgIpc) is 3.94. The van der Waals surface area contributed by atoms with Crippen LogP contribution in [0.3, 0.4) is 0 Å². The van der Waals surface area contributed by atoms with E-state index >= 15 is 0 Å². The molecule has 0 radical (unpaired) electrons. The number of nitrogen functional groups attached to an aromatic ring is 1. The van der Waals surface area contributed by atoms with Crippen molar-refractivity contribution in [1.82, 2.24) is 44.6 Å². The van der Waals surface area contributed by atoms with Gasteiger partial charge in [0.25, 0.3) is 0 Å².